The molecular formula is C17H24N6O. The highest BCUT2D eigenvalue weighted by Crippen LogP contribution is 2.21. The smallest absolute Gasteiger partial charge is 0.272 e. The van der Waals surface area contributed by atoms with Crippen LogP contribution in [0.4, 0.5) is 0 Å². The van der Waals surface area contributed by atoms with Crippen LogP contribution >= 0.6 is 0 Å². The van der Waals surface area contributed by atoms with Crippen molar-refractivity contribution in [1.82, 2.24) is 29.5 Å². The van der Waals surface area contributed by atoms with Crippen LogP contribution < -0.4 is 0 Å². The molecule has 4 rings (SSSR count). The van der Waals surface area contributed by atoms with Crippen molar-refractivity contribution in [3.05, 3.63) is 35.7 Å². The lowest BCUT2D eigenvalue weighted by Crippen LogP contribution is -2.45. The molecular weight excluding hydrogens is 304 g/mol. The van der Waals surface area contributed by atoms with Crippen LogP contribution in [0, 0.1) is 6.92 Å². The largest absolute Gasteiger partial charge is 0.338 e. The quantitative estimate of drug-likeness (QED) is 0.925. The van der Waals surface area contributed by atoms with Crippen LogP contribution in [0.25, 0.3) is 0 Å². The van der Waals surface area contributed by atoms with Gasteiger partial charge in [-0.25, -0.2) is 4.98 Å². The minimum atomic E-state index is 0.0365. The van der Waals surface area contributed by atoms with Crippen LogP contribution in [0.15, 0.2) is 18.5 Å². The monoisotopic (exact) mass is 328 g/mol. The Balaban J connectivity index is 1.60. The lowest BCUT2D eigenvalue weighted by atomic mass is 10.1. The van der Waals surface area contributed by atoms with E-state index in [-0.39, 0.29) is 11.9 Å². The number of hydrogen-bond donors (Lipinski definition) is 1. The van der Waals surface area contributed by atoms with E-state index in [0.29, 0.717) is 12.2 Å². The maximum absolute atomic E-state index is 13.1. The summed E-state index contributed by atoms with van der Waals surface area (Å²) < 4.78 is 2.03. The Hall–Kier alpha value is -2.15. The van der Waals surface area contributed by atoms with E-state index in [0.717, 1.165) is 44.1 Å². The minimum Gasteiger partial charge on any atom is -0.338 e. The van der Waals surface area contributed by atoms with Crippen LogP contribution in [-0.2, 0) is 13.1 Å². The molecule has 2 aromatic heterocycles. The predicted octanol–water partition coefficient (Wildman–Crippen LogP) is 1.43. The van der Waals surface area contributed by atoms with Gasteiger partial charge in [-0.3, -0.25) is 9.48 Å². The third-order valence-corrected chi connectivity index (χ3v) is 5.11. The molecule has 2 aliphatic rings. The third kappa shape index (κ3) is 2.96. The first-order valence-electron chi connectivity index (χ1n) is 8.76. The Labute approximate surface area is 141 Å². The molecule has 1 N–H and O–H groups in total. The Morgan fingerprint density at radius 1 is 1.33 bits per heavy atom. The second-order valence-electron chi connectivity index (χ2n) is 6.81. The lowest BCUT2D eigenvalue weighted by Gasteiger charge is -2.32. The summed E-state index contributed by atoms with van der Waals surface area (Å²) in [5.74, 6) is 0.809. The number of hydrogen-bond acceptors (Lipinski definition) is 4. The van der Waals surface area contributed by atoms with Gasteiger partial charge in [0.1, 0.15) is 11.5 Å². The van der Waals surface area contributed by atoms with Gasteiger partial charge in [0.15, 0.2) is 0 Å². The van der Waals surface area contributed by atoms with Crippen LogP contribution in [0.3, 0.4) is 0 Å². The molecule has 7 heteroatoms. The number of carbonyl (C=O) groups is 1. The summed E-state index contributed by atoms with van der Waals surface area (Å²) in [5, 5.41) is 4.40. The van der Waals surface area contributed by atoms with Crippen molar-refractivity contribution in [2.75, 3.05) is 19.6 Å². The fourth-order valence-corrected chi connectivity index (χ4v) is 3.80. The highest BCUT2D eigenvalue weighted by Gasteiger charge is 2.31. The Kier molecular flexibility index (Phi) is 4.10. The summed E-state index contributed by atoms with van der Waals surface area (Å²) in [4.78, 5) is 24.9. The van der Waals surface area contributed by atoms with E-state index in [9.17, 15) is 4.79 Å². The van der Waals surface area contributed by atoms with Crippen molar-refractivity contribution in [1.29, 1.82) is 0 Å². The minimum absolute atomic E-state index is 0.0365. The van der Waals surface area contributed by atoms with Crippen molar-refractivity contribution >= 4 is 5.91 Å². The van der Waals surface area contributed by atoms with Gasteiger partial charge in [0.05, 0.1) is 18.4 Å². The molecule has 24 heavy (non-hydrogen) atoms. The van der Waals surface area contributed by atoms with E-state index in [1.165, 1.54) is 12.8 Å². The summed E-state index contributed by atoms with van der Waals surface area (Å²) in [6.07, 6.45) is 6.93. The number of H-pyrrole nitrogens is 1. The van der Waals surface area contributed by atoms with Crippen molar-refractivity contribution < 1.29 is 4.79 Å². The first-order valence-corrected chi connectivity index (χ1v) is 8.76. The molecule has 0 spiro atoms. The molecule has 1 fully saturated rings. The van der Waals surface area contributed by atoms with Gasteiger partial charge in [-0.15, -0.1) is 0 Å². The molecule has 0 radical (unpaired) electrons. The van der Waals surface area contributed by atoms with Crippen LogP contribution in [-0.4, -0.2) is 61.1 Å². The molecule has 2 aliphatic heterocycles. The number of fused-ring (bicyclic) bond motifs is 1. The summed E-state index contributed by atoms with van der Waals surface area (Å²) >= 11 is 0. The van der Waals surface area contributed by atoms with Gasteiger partial charge >= 0.3 is 0 Å². The van der Waals surface area contributed by atoms with Crippen LogP contribution in [0.2, 0.25) is 0 Å². The molecule has 4 heterocycles. The Morgan fingerprint density at radius 3 is 2.92 bits per heavy atom. The van der Waals surface area contributed by atoms with Crippen LogP contribution in [0.5, 0.6) is 0 Å². The predicted molar refractivity (Wildman–Crippen MR) is 89.5 cm³/mol. The van der Waals surface area contributed by atoms with E-state index in [2.05, 4.69) is 20.0 Å². The fraction of sp³-hybridized carbons (Fsp3) is 0.588. The molecule has 0 bridgehead atoms. The van der Waals surface area contributed by atoms with Gasteiger partial charge in [0, 0.05) is 25.3 Å². The number of amides is 1. The van der Waals surface area contributed by atoms with E-state index >= 15 is 0 Å². The summed E-state index contributed by atoms with van der Waals surface area (Å²) in [5.41, 5.74) is 1.68. The SMILES string of the molecule is Cc1ncc(C(=O)N2Cc3ccnn3CC[C@@H]2CN2CCCC2)[nH]1. The summed E-state index contributed by atoms with van der Waals surface area (Å²) in [6, 6.07) is 2.22. The molecule has 7 nitrogen and oxygen atoms in total. The molecule has 1 amide bonds. The Morgan fingerprint density at radius 2 is 2.17 bits per heavy atom. The normalized spacial score (nSPS) is 21.7. The van der Waals surface area contributed by atoms with E-state index in [1.54, 1.807) is 6.20 Å². The topological polar surface area (TPSA) is 70.1 Å². The summed E-state index contributed by atoms with van der Waals surface area (Å²) in [7, 11) is 0. The maximum atomic E-state index is 13.1. The molecule has 0 saturated carbocycles. The van der Waals surface area contributed by atoms with Gasteiger partial charge in [-0.05, 0) is 45.3 Å². The van der Waals surface area contributed by atoms with Crippen molar-refractivity contribution in [2.45, 2.75) is 45.3 Å². The molecule has 0 unspecified atom stereocenters. The van der Waals surface area contributed by atoms with Crippen molar-refractivity contribution in [2.24, 2.45) is 0 Å². The van der Waals surface area contributed by atoms with E-state index < -0.39 is 0 Å². The van der Waals surface area contributed by atoms with Crippen molar-refractivity contribution in [3.8, 4) is 0 Å². The second kappa shape index (κ2) is 6.39. The first kappa shape index (κ1) is 15.4. The number of aromatic nitrogens is 4. The highest BCUT2D eigenvalue weighted by atomic mass is 16.2. The molecule has 0 aromatic carbocycles. The Bertz CT molecular complexity index is 714. The number of aryl methyl sites for hydroxylation is 2. The average molecular weight is 328 g/mol. The third-order valence-electron chi connectivity index (χ3n) is 5.11. The lowest BCUT2D eigenvalue weighted by molar-refractivity contribution is 0.0609. The maximum Gasteiger partial charge on any atom is 0.272 e. The highest BCUT2D eigenvalue weighted by molar-refractivity contribution is 5.92. The molecule has 1 saturated heterocycles. The number of carbonyl (C=O) groups excluding carboxylic acids is 1. The van der Waals surface area contributed by atoms with Gasteiger partial charge < -0.3 is 14.8 Å². The second-order valence-corrected chi connectivity index (χ2v) is 6.81. The average Bonchev–Trinajstić information content (AvgIpc) is 3.30. The van der Waals surface area contributed by atoms with Gasteiger partial charge in [0.2, 0.25) is 0 Å². The van der Waals surface area contributed by atoms with E-state index in [4.69, 9.17) is 0 Å². The fourth-order valence-electron chi connectivity index (χ4n) is 3.80. The number of nitrogens with zero attached hydrogens (tertiary/aromatic N) is 5. The van der Waals surface area contributed by atoms with Crippen molar-refractivity contribution in [3.63, 3.8) is 0 Å². The number of rotatable bonds is 3. The number of aromatic amines is 1. The van der Waals surface area contributed by atoms with E-state index in [1.807, 2.05) is 28.8 Å². The number of imidazole rings is 1. The zero-order valence-corrected chi connectivity index (χ0v) is 14.1. The molecule has 1 atom stereocenters. The summed E-state index contributed by atoms with van der Waals surface area (Å²) in [6.45, 7) is 6.58. The first-order chi connectivity index (χ1) is 11.7. The van der Waals surface area contributed by atoms with Crippen LogP contribution in [0.1, 0.15) is 41.3 Å². The standard InChI is InChI=1S/C17H24N6O/c1-13-18-10-16(20-13)17(24)22-12-15-4-6-19-23(15)9-5-14(22)11-21-7-2-3-8-21/h4,6,10,14H,2-3,5,7-9,11-12H2,1H3,(H,18,20)/t14-/m1/s1. The zero-order chi connectivity index (χ0) is 16.5. The molecule has 2 aromatic rings. The van der Waals surface area contributed by atoms with Gasteiger partial charge in [-0.1, -0.05) is 0 Å². The molecule has 0 aliphatic carbocycles. The van der Waals surface area contributed by atoms with Gasteiger partial charge in [0.25, 0.3) is 5.91 Å². The number of likely N-dealkylation sites (tertiary alicyclic amines) is 1. The van der Waals surface area contributed by atoms with Gasteiger partial charge in [-0.2, -0.15) is 5.10 Å². The number of nitrogens with one attached hydrogen (secondary N) is 1. The molecule has 128 valence electrons. The zero-order valence-electron chi connectivity index (χ0n) is 14.1.